The van der Waals surface area contributed by atoms with Crippen molar-refractivity contribution in [3.63, 3.8) is 0 Å². The Bertz CT molecular complexity index is 687. The summed E-state index contributed by atoms with van der Waals surface area (Å²) in [6, 6.07) is 10.1. The summed E-state index contributed by atoms with van der Waals surface area (Å²) >= 11 is 0. The third-order valence-electron chi connectivity index (χ3n) is 4.24. The minimum absolute atomic E-state index is 0. The number of nitrogens with zero attached hydrogens (tertiary/aromatic N) is 3. The minimum atomic E-state index is 0. The molecule has 0 aliphatic rings. The maximum absolute atomic E-state index is 6.00. The number of rotatable bonds is 9. The lowest BCUT2D eigenvalue weighted by Crippen LogP contribution is -2.38. The second kappa shape index (κ2) is 11.9. The molecule has 7 heteroatoms. The molecule has 150 valence electrons. The topological polar surface area (TPSA) is 89.3 Å². The first-order valence-electron chi connectivity index (χ1n) is 9.41. The van der Waals surface area contributed by atoms with E-state index < -0.39 is 0 Å². The van der Waals surface area contributed by atoms with E-state index in [9.17, 15) is 0 Å². The van der Waals surface area contributed by atoms with Crippen LogP contribution in [0.2, 0.25) is 0 Å². The smallest absolute Gasteiger partial charge is 0.231 e. The van der Waals surface area contributed by atoms with Gasteiger partial charge in [0.1, 0.15) is 0 Å². The lowest BCUT2D eigenvalue weighted by molar-refractivity contribution is 0.361. The Kier molecular flexibility index (Phi) is 10.4. The quantitative estimate of drug-likeness (QED) is 0.309. The number of hydrogen-bond acceptors (Lipinski definition) is 4. The molecule has 2 aromatic rings. The lowest BCUT2D eigenvalue weighted by Gasteiger charge is -2.15. The molecule has 0 spiro atoms. The second-order valence-electron chi connectivity index (χ2n) is 7.32. The van der Waals surface area contributed by atoms with E-state index in [4.69, 9.17) is 10.3 Å². The van der Waals surface area contributed by atoms with Crippen LogP contribution in [-0.4, -0.2) is 28.7 Å². The number of halogens is 1. The fraction of sp³-hybridized carbons (Fsp3) is 0.550. The number of nitrogens with two attached hydrogens (primary N) is 1. The summed E-state index contributed by atoms with van der Waals surface area (Å²) in [5.41, 5.74) is 6.94. The van der Waals surface area contributed by atoms with Crippen molar-refractivity contribution in [1.82, 2.24) is 15.5 Å². The predicted octanol–water partition coefficient (Wildman–Crippen LogP) is 4.58. The standard InChI is InChI=1S/C20H31N5O.HI/c1-14(2)9-8-10-16(4)23-20(21)22-13-15(3)19-24-18(25-26-19)17-11-6-5-7-12-17;/h5-7,11-12,14-16H,8-10,13H2,1-4H3,(H3,21,22,23);1H. The lowest BCUT2D eigenvalue weighted by atomic mass is 10.0. The van der Waals surface area contributed by atoms with Gasteiger partial charge in [0.25, 0.3) is 0 Å². The summed E-state index contributed by atoms with van der Waals surface area (Å²) in [6.07, 6.45) is 3.52. The van der Waals surface area contributed by atoms with E-state index in [0.29, 0.717) is 30.3 Å². The van der Waals surface area contributed by atoms with Crippen LogP contribution in [0.4, 0.5) is 0 Å². The van der Waals surface area contributed by atoms with Crippen molar-refractivity contribution in [2.75, 3.05) is 6.54 Å². The van der Waals surface area contributed by atoms with Crippen LogP contribution < -0.4 is 11.1 Å². The van der Waals surface area contributed by atoms with Gasteiger partial charge in [0, 0.05) is 11.6 Å². The first-order valence-corrected chi connectivity index (χ1v) is 9.41. The van der Waals surface area contributed by atoms with E-state index in [1.54, 1.807) is 0 Å². The Labute approximate surface area is 179 Å². The molecule has 1 aromatic carbocycles. The number of nitrogens with one attached hydrogen (secondary N) is 1. The fourth-order valence-corrected chi connectivity index (χ4v) is 2.66. The van der Waals surface area contributed by atoms with Gasteiger partial charge in [-0.3, -0.25) is 4.99 Å². The highest BCUT2D eigenvalue weighted by molar-refractivity contribution is 14.0. The van der Waals surface area contributed by atoms with Gasteiger partial charge in [-0.25, -0.2) is 0 Å². The fourth-order valence-electron chi connectivity index (χ4n) is 2.66. The molecular formula is C20H32IN5O. The summed E-state index contributed by atoms with van der Waals surface area (Å²) in [4.78, 5) is 8.89. The molecule has 3 N–H and O–H groups in total. The van der Waals surface area contributed by atoms with Crippen molar-refractivity contribution in [3.05, 3.63) is 36.2 Å². The summed E-state index contributed by atoms with van der Waals surface area (Å²) in [5.74, 6) is 2.39. The van der Waals surface area contributed by atoms with Crippen molar-refractivity contribution < 1.29 is 4.52 Å². The van der Waals surface area contributed by atoms with E-state index in [2.05, 4.69) is 41.2 Å². The van der Waals surface area contributed by atoms with Crippen molar-refractivity contribution in [2.24, 2.45) is 16.6 Å². The molecule has 0 amide bonds. The van der Waals surface area contributed by atoms with Crippen LogP contribution in [0.1, 0.15) is 58.8 Å². The molecule has 2 unspecified atom stereocenters. The van der Waals surface area contributed by atoms with Gasteiger partial charge in [-0.1, -0.05) is 69.1 Å². The van der Waals surface area contributed by atoms with Crippen LogP contribution in [0.5, 0.6) is 0 Å². The minimum Gasteiger partial charge on any atom is -0.370 e. The molecule has 27 heavy (non-hydrogen) atoms. The van der Waals surface area contributed by atoms with Crippen molar-refractivity contribution in [1.29, 1.82) is 0 Å². The Morgan fingerprint density at radius 3 is 2.52 bits per heavy atom. The van der Waals surface area contributed by atoms with Crippen LogP contribution in [0, 0.1) is 5.92 Å². The van der Waals surface area contributed by atoms with Crippen LogP contribution in [0.15, 0.2) is 39.8 Å². The molecule has 2 rings (SSSR count). The zero-order chi connectivity index (χ0) is 18.9. The van der Waals surface area contributed by atoms with Crippen LogP contribution in [0.25, 0.3) is 11.4 Å². The van der Waals surface area contributed by atoms with Crippen molar-refractivity contribution in [3.8, 4) is 11.4 Å². The van der Waals surface area contributed by atoms with Gasteiger partial charge in [-0.15, -0.1) is 24.0 Å². The van der Waals surface area contributed by atoms with Gasteiger partial charge in [-0.2, -0.15) is 4.98 Å². The van der Waals surface area contributed by atoms with Gasteiger partial charge >= 0.3 is 0 Å². The SMILES string of the molecule is CC(C)CCCC(C)NC(N)=NCC(C)c1nc(-c2ccccc2)no1.I. The Balaban J connectivity index is 0.00000364. The Morgan fingerprint density at radius 1 is 1.15 bits per heavy atom. The van der Waals surface area contributed by atoms with Gasteiger partial charge in [0.15, 0.2) is 5.96 Å². The molecule has 0 saturated carbocycles. The van der Waals surface area contributed by atoms with Crippen molar-refractivity contribution >= 4 is 29.9 Å². The van der Waals surface area contributed by atoms with E-state index in [1.165, 1.54) is 12.8 Å². The molecule has 0 radical (unpaired) electrons. The Hall–Kier alpha value is -1.64. The molecule has 0 saturated heterocycles. The number of aromatic nitrogens is 2. The molecule has 2 atom stereocenters. The van der Waals surface area contributed by atoms with Gasteiger partial charge in [-0.05, 0) is 19.3 Å². The summed E-state index contributed by atoms with van der Waals surface area (Å²) in [6.45, 7) is 9.14. The predicted molar refractivity (Wildman–Crippen MR) is 121 cm³/mol. The molecule has 0 fully saturated rings. The van der Waals surface area contributed by atoms with Gasteiger partial charge < -0.3 is 15.6 Å². The van der Waals surface area contributed by atoms with Crippen LogP contribution in [0.3, 0.4) is 0 Å². The Morgan fingerprint density at radius 2 is 1.85 bits per heavy atom. The first kappa shape index (κ1) is 23.4. The van der Waals surface area contributed by atoms with Crippen LogP contribution >= 0.6 is 24.0 Å². The van der Waals surface area contributed by atoms with Gasteiger partial charge in [0.05, 0.1) is 12.5 Å². The third kappa shape index (κ3) is 8.28. The maximum Gasteiger partial charge on any atom is 0.231 e. The average Bonchev–Trinajstić information content (AvgIpc) is 3.10. The van der Waals surface area contributed by atoms with E-state index >= 15 is 0 Å². The first-order chi connectivity index (χ1) is 12.5. The molecule has 0 aliphatic carbocycles. The number of hydrogen-bond donors (Lipinski definition) is 2. The molecule has 1 heterocycles. The monoisotopic (exact) mass is 485 g/mol. The zero-order valence-corrected chi connectivity index (χ0v) is 19.0. The van der Waals surface area contributed by atoms with Crippen molar-refractivity contribution in [2.45, 2.75) is 58.9 Å². The number of benzene rings is 1. The average molecular weight is 485 g/mol. The molecule has 6 nitrogen and oxygen atoms in total. The summed E-state index contributed by atoms with van der Waals surface area (Å²) in [5, 5.41) is 7.30. The highest BCUT2D eigenvalue weighted by Gasteiger charge is 2.15. The molecule has 0 aliphatic heterocycles. The normalized spacial score (nSPS) is 13.9. The van der Waals surface area contributed by atoms with Crippen LogP contribution in [-0.2, 0) is 0 Å². The zero-order valence-electron chi connectivity index (χ0n) is 16.7. The van der Waals surface area contributed by atoms with E-state index in [1.807, 2.05) is 37.3 Å². The highest BCUT2D eigenvalue weighted by Crippen LogP contribution is 2.19. The summed E-state index contributed by atoms with van der Waals surface area (Å²) < 4.78 is 5.38. The maximum atomic E-state index is 6.00. The van der Waals surface area contributed by atoms with E-state index in [-0.39, 0.29) is 29.9 Å². The molecule has 1 aromatic heterocycles. The van der Waals surface area contributed by atoms with Gasteiger partial charge in [0.2, 0.25) is 11.7 Å². The second-order valence-corrected chi connectivity index (χ2v) is 7.32. The largest absolute Gasteiger partial charge is 0.370 e. The molecular weight excluding hydrogens is 453 g/mol. The number of aliphatic imine (C=N–C) groups is 1. The highest BCUT2D eigenvalue weighted by atomic mass is 127. The molecule has 0 bridgehead atoms. The third-order valence-corrected chi connectivity index (χ3v) is 4.24. The summed E-state index contributed by atoms with van der Waals surface area (Å²) in [7, 11) is 0. The number of guanidine groups is 1. The van der Waals surface area contributed by atoms with E-state index in [0.717, 1.165) is 17.9 Å².